The van der Waals surface area contributed by atoms with Gasteiger partial charge in [-0.15, -0.1) is 0 Å². The molecule has 2 aromatic rings. The average molecular weight is 438 g/mol. The van der Waals surface area contributed by atoms with E-state index in [1.807, 2.05) is 19.2 Å². The van der Waals surface area contributed by atoms with Crippen molar-refractivity contribution in [2.75, 3.05) is 43.5 Å². The minimum Gasteiger partial charge on any atom is -0.370 e. The molecule has 3 fully saturated rings. The number of urea groups is 1. The fraction of sp³-hybridized carbons (Fsp3) is 0.520. The second kappa shape index (κ2) is 7.73. The number of carbonyl (C=O) groups is 1. The predicted octanol–water partition coefficient (Wildman–Crippen LogP) is 4.04. The highest BCUT2D eigenvalue weighted by atomic mass is 19.1. The highest BCUT2D eigenvalue weighted by Crippen LogP contribution is 2.46. The number of benzene rings is 1. The summed E-state index contributed by atoms with van der Waals surface area (Å²) in [5.41, 5.74) is 2.68. The van der Waals surface area contributed by atoms with Crippen LogP contribution in [0.3, 0.4) is 0 Å². The van der Waals surface area contributed by atoms with Crippen LogP contribution in [0.2, 0.25) is 0 Å². The predicted molar refractivity (Wildman–Crippen MR) is 125 cm³/mol. The second-order valence-corrected chi connectivity index (χ2v) is 9.91. The molecule has 1 aromatic carbocycles. The summed E-state index contributed by atoms with van der Waals surface area (Å²) in [6, 6.07) is 9.03. The van der Waals surface area contributed by atoms with Gasteiger partial charge in [-0.25, -0.2) is 14.2 Å². The van der Waals surface area contributed by atoms with Gasteiger partial charge in [0.2, 0.25) is 0 Å². The van der Waals surface area contributed by atoms with E-state index in [0.29, 0.717) is 6.54 Å². The van der Waals surface area contributed by atoms with E-state index in [0.717, 1.165) is 61.4 Å². The minimum atomic E-state index is -0.270. The number of nitrogens with zero attached hydrogens (tertiary/aromatic N) is 4. The maximum Gasteiger partial charge on any atom is 0.323 e. The lowest BCUT2D eigenvalue weighted by molar-refractivity contribution is 0.0655. The van der Waals surface area contributed by atoms with Gasteiger partial charge in [-0.05, 0) is 82.4 Å². The molecule has 2 amide bonds. The van der Waals surface area contributed by atoms with Crippen LogP contribution in [0.1, 0.15) is 43.2 Å². The largest absolute Gasteiger partial charge is 0.370 e. The smallest absolute Gasteiger partial charge is 0.323 e. The molecule has 0 bridgehead atoms. The van der Waals surface area contributed by atoms with Gasteiger partial charge in [0.05, 0.1) is 24.0 Å². The van der Waals surface area contributed by atoms with Crippen molar-refractivity contribution < 1.29 is 9.18 Å². The van der Waals surface area contributed by atoms with Crippen molar-refractivity contribution in [3.63, 3.8) is 0 Å². The standard InChI is InChI=1S/C25H32FN5O/c1-18-14-21(30-12-5-13-30)16-27-22(18)31-17-24(28-23(31)32)8-10-25(11-9-24,29(2)3)19-6-4-7-20(26)15-19/h4,6-7,14-16H,5,8-13,17H2,1-3H3,(H,28,32)/t24-,25+. The minimum absolute atomic E-state index is 0.0691. The van der Waals surface area contributed by atoms with Crippen molar-refractivity contribution in [1.82, 2.24) is 15.2 Å². The van der Waals surface area contributed by atoms with Crippen LogP contribution < -0.4 is 15.1 Å². The topological polar surface area (TPSA) is 51.7 Å². The van der Waals surface area contributed by atoms with E-state index in [-0.39, 0.29) is 22.9 Å². The Kier molecular flexibility index (Phi) is 5.12. The van der Waals surface area contributed by atoms with E-state index in [2.05, 4.69) is 40.3 Å². The summed E-state index contributed by atoms with van der Waals surface area (Å²) < 4.78 is 14.0. The Balaban J connectivity index is 1.35. The molecule has 3 heterocycles. The summed E-state index contributed by atoms with van der Waals surface area (Å²) in [6.07, 6.45) is 6.52. The normalized spacial score (nSPS) is 27.7. The SMILES string of the molecule is Cc1cc(N2CCC2)cnc1N1C[C@]2(CC[C@](c3cccc(F)c3)(N(C)C)CC2)NC1=O. The van der Waals surface area contributed by atoms with E-state index in [4.69, 9.17) is 0 Å². The summed E-state index contributed by atoms with van der Waals surface area (Å²) in [4.78, 5) is 24.0. The number of nitrogens with one attached hydrogen (secondary N) is 1. The van der Waals surface area contributed by atoms with Crippen molar-refractivity contribution in [1.29, 1.82) is 0 Å². The van der Waals surface area contributed by atoms with Gasteiger partial charge in [-0.1, -0.05) is 12.1 Å². The molecule has 32 heavy (non-hydrogen) atoms. The molecular formula is C25H32FN5O. The monoisotopic (exact) mass is 437 g/mol. The Morgan fingerprint density at radius 1 is 1.12 bits per heavy atom. The number of aromatic nitrogens is 1. The summed E-state index contributed by atoms with van der Waals surface area (Å²) in [5, 5.41) is 3.29. The van der Waals surface area contributed by atoms with E-state index in [1.54, 1.807) is 17.0 Å². The van der Waals surface area contributed by atoms with Gasteiger partial charge in [0.1, 0.15) is 11.6 Å². The number of rotatable bonds is 4. The molecule has 0 radical (unpaired) electrons. The van der Waals surface area contributed by atoms with Gasteiger partial charge in [-0.3, -0.25) is 9.80 Å². The molecule has 7 heteroatoms. The molecule has 2 aliphatic heterocycles. The van der Waals surface area contributed by atoms with Crippen LogP contribution in [-0.4, -0.2) is 55.2 Å². The number of carbonyl (C=O) groups excluding carboxylic acids is 1. The second-order valence-electron chi connectivity index (χ2n) is 9.91. The van der Waals surface area contributed by atoms with E-state index in [9.17, 15) is 9.18 Å². The first kappa shape index (κ1) is 21.2. The Bertz CT molecular complexity index is 1030. The molecule has 1 saturated carbocycles. The molecule has 1 aliphatic carbocycles. The number of hydrogen-bond donors (Lipinski definition) is 1. The van der Waals surface area contributed by atoms with Crippen molar-refractivity contribution in [3.8, 4) is 0 Å². The maximum atomic E-state index is 14.0. The summed E-state index contributed by atoms with van der Waals surface area (Å²) >= 11 is 0. The molecule has 5 rings (SSSR count). The highest BCUT2D eigenvalue weighted by molar-refractivity contribution is 5.95. The lowest BCUT2D eigenvalue weighted by atomic mass is 9.69. The maximum absolute atomic E-state index is 14.0. The van der Waals surface area contributed by atoms with Gasteiger partial charge >= 0.3 is 6.03 Å². The first-order valence-corrected chi connectivity index (χ1v) is 11.6. The Hall–Kier alpha value is -2.67. The molecule has 1 aromatic heterocycles. The first-order valence-electron chi connectivity index (χ1n) is 11.6. The van der Waals surface area contributed by atoms with Crippen molar-refractivity contribution >= 4 is 17.5 Å². The Morgan fingerprint density at radius 2 is 1.88 bits per heavy atom. The number of amides is 2. The Morgan fingerprint density at radius 3 is 2.47 bits per heavy atom. The molecular weight excluding hydrogens is 405 g/mol. The number of pyridine rings is 1. The van der Waals surface area contributed by atoms with Crippen LogP contribution in [0.5, 0.6) is 0 Å². The molecule has 0 unspecified atom stereocenters. The van der Waals surface area contributed by atoms with Crippen LogP contribution in [0, 0.1) is 12.7 Å². The molecule has 3 aliphatic rings. The van der Waals surface area contributed by atoms with E-state index < -0.39 is 0 Å². The van der Waals surface area contributed by atoms with E-state index >= 15 is 0 Å². The lowest BCUT2D eigenvalue weighted by Crippen LogP contribution is -2.54. The van der Waals surface area contributed by atoms with Gasteiger partial charge in [0.25, 0.3) is 0 Å². The first-order chi connectivity index (χ1) is 15.3. The zero-order valence-corrected chi connectivity index (χ0v) is 19.2. The van der Waals surface area contributed by atoms with Crippen LogP contribution in [-0.2, 0) is 5.54 Å². The third kappa shape index (κ3) is 3.43. The quantitative estimate of drug-likeness (QED) is 0.785. The van der Waals surface area contributed by atoms with Crippen LogP contribution >= 0.6 is 0 Å². The molecule has 1 N–H and O–H groups in total. The number of halogens is 1. The molecule has 6 nitrogen and oxygen atoms in total. The third-order valence-corrected chi connectivity index (χ3v) is 7.84. The van der Waals surface area contributed by atoms with Crippen LogP contribution in [0.4, 0.5) is 20.7 Å². The number of hydrogen-bond acceptors (Lipinski definition) is 4. The van der Waals surface area contributed by atoms with Crippen LogP contribution in [0.25, 0.3) is 0 Å². The zero-order chi connectivity index (χ0) is 22.5. The van der Waals surface area contributed by atoms with Crippen molar-refractivity contribution in [3.05, 3.63) is 53.5 Å². The van der Waals surface area contributed by atoms with Crippen molar-refractivity contribution in [2.45, 2.75) is 50.1 Å². The fourth-order valence-electron chi connectivity index (χ4n) is 5.66. The number of anilines is 2. The number of aryl methyl sites for hydroxylation is 1. The van der Waals surface area contributed by atoms with Gasteiger partial charge in [0.15, 0.2) is 0 Å². The summed E-state index contributed by atoms with van der Waals surface area (Å²) in [7, 11) is 4.13. The average Bonchev–Trinajstić information content (AvgIpc) is 3.03. The van der Waals surface area contributed by atoms with Gasteiger partial charge < -0.3 is 10.2 Å². The summed E-state index contributed by atoms with van der Waals surface area (Å²) in [6.45, 7) is 4.81. The molecule has 0 atom stereocenters. The molecule has 1 spiro atoms. The zero-order valence-electron chi connectivity index (χ0n) is 19.2. The Labute approximate surface area is 189 Å². The third-order valence-electron chi connectivity index (χ3n) is 7.84. The van der Waals surface area contributed by atoms with E-state index in [1.165, 1.54) is 12.5 Å². The lowest BCUT2D eigenvalue weighted by Gasteiger charge is -2.48. The summed E-state index contributed by atoms with van der Waals surface area (Å²) in [5.74, 6) is 0.547. The fourth-order valence-corrected chi connectivity index (χ4v) is 5.66. The van der Waals surface area contributed by atoms with Gasteiger partial charge in [0, 0.05) is 18.6 Å². The molecule has 2 saturated heterocycles. The highest BCUT2D eigenvalue weighted by Gasteiger charge is 2.50. The molecule has 170 valence electrons. The van der Waals surface area contributed by atoms with Gasteiger partial charge in [-0.2, -0.15) is 0 Å². The van der Waals surface area contributed by atoms with Crippen LogP contribution in [0.15, 0.2) is 36.5 Å². The van der Waals surface area contributed by atoms with Crippen molar-refractivity contribution in [2.24, 2.45) is 0 Å².